The number of halogens is 1. The summed E-state index contributed by atoms with van der Waals surface area (Å²) in [7, 11) is 3.45. The van der Waals surface area contributed by atoms with Gasteiger partial charge in [-0.25, -0.2) is 0 Å². The Labute approximate surface area is 204 Å². The van der Waals surface area contributed by atoms with Crippen LogP contribution in [-0.4, -0.2) is 65.1 Å². The van der Waals surface area contributed by atoms with E-state index in [-0.39, 0.29) is 23.3 Å². The number of benzene rings is 2. The van der Waals surface area contributed by atoms with Gasteiger partial charge in [0.2, 0.25) is 0 Å². The molecule has 3 heterocycles. The minimum Gasteiger partial charge on any atom is -0.380 e. The fraction of sp³-hybridized carbons (Fsp3) is 0.364. The number of thioether (sulfide) groups is 1. The van der Waals surface area contributed by atoms with E-state index in [1.165, 1.54) is 11.5 Å². The summed E-state index contributed by atoms with van der Waals surface area (Å²) in [6.45, 7) is 2.99. The fourth-order valence-electron chi connectivity index (χ4n) is 4.08. The first kappa shape index (κ1) is 22.5. The van der Waals surface area contributed by atoms with E-state index in [1.807, 2.05) is 37.3 Å². The summed E-state index contributed by atoms with van der Waals surface area (Å²) in [5.74, 6) is 0.865. The zero-order chi connectivity index (χ0) is 23.1. The van der Waals surface area contributed by atoms with Crippen LogP contribution in [0.5, 0.6) is 0 Å². The van der Waals surface area contributed by atoms with Gasteiger partial charge in [-0.05, 0) is 48.3 Å². The van der Waals surface area contributed by atoms with Gasteiger partial charge in [0, 0.05) is 31.2 Å². The average Bonchev–Trinajstić information content (AvgIpc) is 3.42. The second-order valence-electron chi connectivity index (χ2n) is 8.10. The van der Waals surface area contributed by atoms with E-state index in [2.05, 4.69) is 20.2 Å². The van der Waals surface area contributed by atoms with Gasteiger partial charge in [0.15, 0.2) is 0 Å². The van der Waals surface area contributed by atoms with E-state index in [4.69, 9.17) is 21.3 Å². The molecule has 0 spiro atoms. The minimum absolute atomic E-state index is 0.0182. The number of carbonyl (C=O) groups excluding carboxylic acids is 1. The van der Waals surface area contributed by atoms with Crippen molar-refractivity contribution >= 4 is 62.5 Å². The fourth-order valence-corrected chi connectivity index (χ4v) is 6.24. The van der Waals surface area contributed by atoms with E-state index in [1.54, 1.807) is 30.8 Å². The maximum atomic E-state index is 12.9. The Bertz CT molecular complexity index is 1250. The van der Waals surface area contributed by atoms with Gasteiger partial charge in [-0.1, -0.05) is 22.2 Å². The van der Waals surface area contributed by atoms with E-state index in [0.717, 1.165) is 32.2 Å². The Balaban J connectivity index is 1.40. The molecular weight excluding hydrogens is 480 g/mol. The number of amides is 1. The van der Waals surface area contributed by atoms with Gasteiger partial charge in [0.05, 0.1) is 39.5 Å². The third kappa shape index (κ3) is 4.33. The van der Waals surface area contributed by atoms with Crippen molar-refractivity contribution in [1.29, 1.82) is 0 Å². The summed E-state index contributed by atoms with van der Waals surface area (Å²) < 4.78 is 10.2. The van der Waals surface area contributed by atoms with Crippen LogP contribution in [0.2, 0.25) is 5.02 Å². The van der Waals surface area contributed by atoms with Crippen molar-refractivity contribution in [2.24, 2.45) is 4.99 Å². The number of aromatic nitrogens is 2. The molecule has 2 unspecified atom stereocenters. The van der Waals surface area contributed by atoms with Gasteiger partial charge in [-0.2, -0.15) is 0 Å². The van der Waals surface area contributed by atoms with Crippen molar-refractivity contribution in [3.8, 4) is 0 Å². The molecule has 2 N–H and O–H groups in total. The van der Waals surface area contributed by atoms with Crippen LogP contribution >= 0.6 is 34.9 Å². The number of anilines is 1. The SMILES string of the molecule is CO[C@@H](C)CN(C)C(=O)c1ccc2c(c1)SC1NCN=C(Nc3cc4snnc4cc3Cl)C21. The van der Waals surface area contributed by atoms with Crippen LogP contribution in [0.3, 0.4) is 0 Å². The molecule has 11 heteroatoms. The molecule has 33 heavy (non-hydrogen) atoms. The first-order chi connectivity index (χ1) is 15.9. The van der Waals surface area contributed by atoms with Crippen molar-refractivity contribution in [2.75, 3.05) is 32.7 Å². The molecule has 3 aromatic rings. The van der Waals surface area contributed by atoms with Gasteiger partial charge in [0.1, 0.15) is 11.4 Å². The topological polar surface area (TPSA) is 91.7 Å². The number of ether oxygens (including phenoxy) is 1. The van der Waals surface area contributed by atoms with E-state index < -0.39 is 0 Å². The van der Waals surface area contributed by atoms with Crippen LogP contribution < -0.4 is 10.6 Å². The van der Waals surface area contributed by atoms with Gasteiger partial charge >= 0.3 is 0 Å². The van der Waals surface area contributed by atoms with Crippen LogP contribution in [0, 0.1) is 0 Å². The summed E-state index contributed by atoms with van der Waals surface area (Å²) in [6.07, 6.45) is -0.0218. The first-order valence-corrected chi connectivity index (χ1v) is 12.5. The number of nitrogens with one attached hydrogen (secondary N) is 2. The quantitative estimate of drug-likeness (QED) is 0.544. The number of likely N-dealkylation sites (N-methyl/N-ethyl adjacent to an activating group) is 1. The summed E-state index contributed by atoms with van der Waals surface area (Å²) in [5, 5.41) is 11.7. The molecule has 8 nitrogen and oxygen atoms in total. The number of nitrogens with zero attached hydrogens (tertiary/aromatic N) is 4. The summed E-state index contributed by atoms with van der Waals surface area (Å²) in [4.78, 5) is 20.4. The summed E-state index contributed by atoms with van der Waals surface area (Å²) in [5.41, 5.74) is 3.38. The highest BCUT2D eigenvalue weighted by atomic mass is 35.5. The standard InChI is InChI=1S/C22H23ClN6O2S2/c1-11(31-3)9-29(2)22(30)12-4-5-13-17(6-12)32-21-19(13)20(24-10-25-21)26-15-8-18-16(7-14(15)23)27-28-33-18/h4-8,11,19,21,25H,9-10H2,1-3H3,(H,24,26)/t11-,19?,21?/m0/s1. The average molecular weight is 503 g/mol. The molecule has 0 saturated carbocycles. The molecule has 0 aliphatic carbocycles. The number of methoxy groups -OCH3 is 1. The van der Waals surface area contributed by atoms with Crippen LogP contribution in [0.4, 0.5) is 5.69 Å². The molecule has 0 bridgehead atoms. The number of hydrogen-bond donors (Lipinski definition) is 2. The van der Waals surface area contributed by atoms with Gasteiger partial charge < -0.3 is 15.0 Å². The zero-order valence-corrected chi connectivity index (χ0v) is 20.7. The lowest BCUT2D eigenvalue weighted by atomic mass is 9.95. The van der Waals surface area contributed by atoms with Crippen LogP contribution in [0.25, 0.3) is 10.2 Å². The molecule has 2 aliphatic rings. The lowest BCUT2D eigenvalue weighted by Gasteiger charge is -2.27. The molecule has 1 aromatic heterocycles. The van der Waals surface area contributed by atoms with Gasteiger partial charge in [-0.15, -0.1) is 16.9 Å². The molecule has 1 amide bonds. The lowest BCUT2D eigenvalue weighted by molar-refractivity contribution is 0.0600. The number of rotatable bonds is 5. The van der Waals surface area contributed by atoms with E-state index in [9.17, 15) is 4.79 Å². The zero-order valence-electron chi connectivity index (χ0n) is 18.3. The van der Waals surface area contributed by atoms with Crippen LogP contribution in [0.1, 0.15) is 28.8 Å². The van der Waals surface area contributed by atoms with E-state index in [0.29, 0.717) is 23.8 Å². The first-order valence-electron chi connectivity index (χ1n) is 10.5. The molecule has 2 aromatic carbocycles. The molecule has 0 radical (unpaired) electrons. The second kappa shape index (κ2) is 9.19. The van der Waals surface area contributed by atoms with Crippen molar-refractivity contribution < 1.29 is 9.53 Å². The third-order valence-corrected chi connectivity index (χ3v) is 8.17. The highest BCUT2D eigenvalue weighted by Gasteiger charge is 2.39. The smallest absolute Gasteiger partial charge is 0.253 e. The summed E-state index contributed by atoms with van der Waals surface area (Å²) >= 11 is 9.56. The second-order valence-corrected chi connectivity index (χ2v) is 10.5. The molecule has 5 rings (SSSR count). The molecule has 2 aliphatic heterocycles. The number of hydrogen-bond acceptors (Lipinski definition) is 9. The van der Waals surface area contributed by atoms with E-state index >= 15 is 0 Å². The van der Waals surface area contributed by atoms with Gasteiger partial charge in [0.25, 0.3) is 5.91 Å². The highest BCUT2D eigenvalue weighted by molar-refractivity contribution is 8.00. The number of amidine groups is 1. The monoisotopic (exact) mass is 502 g/mol. The normalized spacial score (nSPS) is 20.2. The molecular formula is C22H23ClN6O2S2. The highest BCUT2D eigenvalue weighted by Crippen LogP contribution is 2.46. The summed E-state index contributed by atoms with van der Waals surface area (Å²) in [6, 6.07) is 9.69. The minimum atomic E-state index is -0.0218. The number of carbonyl (C=O) groups is 1. The van der Waals surface area contributed by atoms with Crippen molar-refractivity contribution in [3.05, 3.63) is 46.5 Å². The number of aliphatic imine (C=N–C) groups is 1. The Morgan fingerprint density at radius 1 is 1.39 bits per heavy atom. The third-order valence-electron chi connectivity index (χ3n) is 5.87. The molecule has 172 valence electrons. The Hall–Kier alpha value is -2.24. The van der Waals surface area contributed by atoms with Crippen molar-refractivity contribution in [1.82, 2.24) is 19.8 Å². The molecule has 3 atom stereocenters. The van der Waals surface area contributed by atoms with Gasteiger partial charge in [-0.3, -0.25) is 15.1 Å². The largest absolute Gasteiger partial charge is 0.380 e. The van der Waals surface area contributed by atoms with Crippen molar-refractivity contribution in [3.63, 3.8) is 0 Å². The van der Waals surface area contributed by atoms with Crippen LogP contribution in [0.15, 0.2) is 40.2 Å². The number of fused-ring (bicyclic) bond motifs is 4. The Kier molecular flexibility index (Phi) is 6.28. The Morgan fingerprint density at radius 3 is 3.06 bits per heavy atom. The van der Waals surface area contributed by atoms with Crippen LogP contribution in [-0.2, 0) is 4.74 Å². The predicted octanol–water partition coefficient (Wildman–Crippen LogP) is 4.04. The van der Waals surface area contributed by atoms with Crippen molar-refractivity contribution in [2.45, 2.75) is 29.2 Å². The predicted molar refractivity (Wildman–Crippen MR) is 134 cm³/mol. The molecule has 0 saturated heterocycles. The molecule has 0 fully saturated rings. The maximum Gasteiger partial charge on any atom is 0.253 e. The lowest BCUT2D eigenvalue weighted by Crippen LogP contribution is -2.41. The Morgan fingerprint density at radius 2 is 2.24 bits per heavy atom. The maximum absolute atomic E-state index is 12.9.